The lowest BCUT2D eigenvalue weighted by Gasteiger charge is -2.19. The maximum Gasteiger partial charge on any atom is 0.140 e. The van der Waals surface area contributed by atoms with Gasteiger partial charge in [0.1, 0.15) is 5.82 Å². The molecule has 0 saturated carbocycles. The highest BCUT2D eigenvalue weighted by atomic mass is 15.2. The molecule has 3 aromatic rings. The van der Waals surface area contributed by atoms with E-state index in [2.05, 4.69) is 43.5 Å². The molecule has 1 aliphatic heterocycles. The molecule has 5 nitrogen and oxygen atoms in total. The van der Waals surface area contributed by atoms with Crippen molar-refractivity contribution in [1.82, 2.24) is 24.4 Å². The van der Waals surface area contributed by atoms with Crippen molar-refractivity contribution in [1.29, 1.82) is 0 Å². The molecule has 0 N–H and O–H groups in total. The van der Waals surface area contributed by atoms with Crippen LogP contribution in [0.5, 0.6) is 0 Å². The Kier molecular flexibility index (Phi) is 4.09. The lowest BCUT2D eigenvalue weighted by atomic mass is 10.2. The molecule has 122 valence electrons. The number of aromatic nitrogens is 4. The van der Waals surface area contributed by atoms with Gasteiger partial charge >= 0.3 is 0 Å². The van der Waals surface area contributed by atoms with E-state index in [1.807, 2.05) is 43.1 Å². The van der Waals surface area contributed by atoms with Crippen LogP contribution in [-0.2, 0) is 6.54 Å². The summed E-state index contributed by atoms with van der Waals surface area (Å²) in [6.45, 7) is 5.29. The number of rotatable bonds is 4. The van der Waals surface area contributed by atoms with Crippen LogP contribution < -0.4 is 0 Å². The van der Waals surface area contributed by atoms with E-state index in [1.54, 1.807) is 0 Å². The molecule has 3 aromatic heterocycles. The van der Waals surface area contributed by atoms with E-state index in [4.69, 9.17) is 0 Å². The Hall–Kier alpha value is -2.53. The predicted octanol–water partition coefficient (Wildman–Crippen LogP) is 3.10. The second-order valence-corrected chi connectivity index (χ2v) is 6.36. The normalized spacial score (nSPS) is 18.1. The number of imidazole rings is 1. The molecule has 0 aromatic carbocycles. The summed E-state index contributed by atoms with van der Waals surface area (Å²) in [6, 6.07) is 8.72. The zero-order chi connectivity index (χ0) is 16.4. The predicted molar refractivity (Wildman–Crippen MR) is 93.4 cm³/mol. The zero-order valence-electron chi connectivity index (χ0n) is 13.8. The molecule has 4 heterocycles. The monoisotopic (exact) mass is 319 g/mol. The topological polar surface area (TPSA) is 46.8 Å². The van der Waals surface area contributed by atoms with Crippen LogP contribution >= 0.6 is 0 Å². The molecule has 1 unspecified atom stereocenters. The second-order valence-electron chi connectivity index (χ2n) is 6.36. The van der Waals surface area contributed by atoms with Crippen LogP contribution in [0, 0.1) is 6.92 Å². The molecular formula is C19H21N5. The molecule has 1 saturated heterocycles. The summed E-state index contributed by atoms with van der Waals surface area (Å²) < 4.78 is 2.39. The van der Waals surface area contributed by atoms with Gasteiger partial charge in [-0.3, -0.25) is 14.9 Å². The molecule has 0 bridgehead atoms. The quantitative estimate of drug-likeness (QED) is 0.741. The van der Waals surface area contributed by atoms with Crippen molar-refractivity contribution in [2.24, 2.45) is 0 Å². The summed E-state index contributed by atoms with van der Waals surface area (Å²) >= 11 is 0. The van der Waals surface area contributed by atoms with E-state index < -0.39 is 0 Å². The van der Waals surface area contributed by atoms with Gasteiger partial charge in [-0.2, -0.15) is 0 Å². The molecule has 5 heteroatoms. The van der Waals surface area contributed by atoms with Gasteiger partial charge in [-0.05, 0) is 43.2 Å². The van der Waals surface area contributed by atoms with Crippen LogP contribution in [0.4, 0.5) is 0 Å². The van der Waals surface area contributed by atoms with Gasteiger partial charge in [0.05, 0.1) is 0 Å². The third-order valence-electron chi connectivity index (χ3n) is 4.69. The van der Waals surface area contributed by atoms with Crippen molar-refractivity contribution in [2.75, 3.05) is 13.1 Å². The Bertz CT molecular complexity index is 797. The van der Waals surface area contributed by atoms with Crippen LogP contribution in [0.1, 0.15) is 23.7 Å². The van der Waals surface area contributed by atoms with Crippen molar-refractivity contribution in [2.45, 2.75) is 25.9 Å². The zero-order valence-corrected chi connectivity index (χ0v) is 13.8. The van der Waals surface area contributed by atoms with Crippen molar-refractivity contribution >= 4 is 0 Å². The fraction of sp³-hybridized carbons (Fsp3) is 0.316. The van der Waals surface area contributed by atoms with Gasteiger partial charge in [0.25, 0.3) is 0 Å². The number of pyridine rings is 2. The van der Waals surface area contributed by atoms with E-state index in [1.165, 1.54) is 11.3 Å². The van der Waals surface area contributed by atoms with E-state index in [0.29, 0.717) is 6.04 Å². The Labute approximate surface area is 142 Å². The van der Waals surface area contributed by atoms with Crippen LogP contribution in [0.15, 0.2) is 55.2 Å². The van der Waals surface area contributed by atoms with Crippen molar-refractivity contribution in [3.63, 3.8) is 0 Å². The average molecular weight is 319 g/mol. The van der Waals surface area contributed by atoms with E-state index >= 15 is 0 Å². The van der Waals surface area contributed by atoms with Crippen molar-refractivity contribution in [3.05, 3.63) is 66.5 Å². The Balaban J connectivity index is 1.54. The first-order valence-electron chi connectivity index (χ1n) is 8.37. The molecule has 0 spiro atoms. The smallest absolute Gasteiger partial charge is 0.140 e. The summed E-state index contributed by atoms with van der Waals surface area (Å²) in [6.07, 6.45) is 10.5. The van der Waals surface area contributed by atoms with Crippen molar-refractivity contribution < 1.29 is 0 Å². The molecular weight excluding hydrogens is 298 g/mol. The fourth-order valence-corrected chi connectivity index (χ4v) is 3.53. The maximum atomic E-state index is 4.65. The highest BCUT2D eigenvalue weighted by molar-refractivity contribution is 5.55. The van der Waals surface area contributed by atoms with Gasteiger partial charge in [-0.25, -0.2) is 4.98 Å². The van der Waals surface area contributed by atoms with Gasteiger partial charge in [0.15, 0.2) is 0 Å². The molecule has 24 heavy (non-hydrogen) atoms. The lowest BCUT2D eigenvalue weighted by Crippen LogP contribution is -2.21. The maximum absolute atomic E-state index is 4.65. The van der Waals surface area contributed by atoms with Crippen LogP contribution in [0.3, 0.4) is 0 Å². The highest BCUT2D eigenvalue weighted by Gasteiger charge is 2.27. The molecule has 0 radical (unpaired) electrons. The third kappa shape index (κ3) is 2.95. The number of hydrogen-bond donors (Lipinski definition) is 0. The van der Waals surface area contributed by atoms with Crippen LogP contribution in [0.2, 0.25) is 0 Å². The summed E-state index contributed by atoms with van der Waals surface area (Å²) in [5, 5.41) is 0. The fourth-order valence-electron chi connectivity index (χ4n) is 3.53. The summed E-state index contributed by atoms with van der Waals surface area (Å²) in [7, 11) is 0. The van der Waals surface area contributed by atoms with Crippen molar-refractivity contribution in [3.8, 4) is 11.4 Å². The Morgan fingerprint density at radius 1 is 1.04 bits per heavy atom. The van der Waals surface area contributed by atoms with E-state index in [0.717, 1.165) is 37.4 Å². The molecule has 0 amide bonds. The standard InChI is InChI=1S/C19H21N5/c1-15-12-22-19(17-4-9-21-10-5-17)24(15)18-6-11-23(14-18)13-16-2-7-20-8-3-16/h2-5,7-10,12,18H,6,11,13-14H2,1H3. The Morgan fingerprint density at radius 3 is 2.50 bits per heavy atom. The first-order chi connectivity index (χ1) is 11.8. The summed E-state index contributed by atoms with van der Waals surface area (Å²) in [5.41, 5.74) is 3.67. The molecule has 0 aliphatic carbocycles. The minimum Gasteiger partial charge on any atom is -0.324 e. The second kappa shape index (κ2) is 6.53. The molecule has 1 aliphatic rings. The van der Waals surface area contributed by atoms with E-state index in [-0.39, 0.29) is 0 Å². The number of hydrogen-bond acceptors (Lipinski definition) is 4. The van der Waals surface area contributed by atoms with Gasteiger partial charge in [-0.1, -0.05) is 0 Å². The third-order valence-corrected chi connectivity index (χ3v) is 4.69. The minimum absolute atomic E-state index is 0.470. The summed E-state index contributed by atoms with van der Waals surface area (Å²) in [4.78, 5) is 15.4. The van der Waals surface area contributed by atoms with Gasteiger partial charge in [-0.15, -0.1) is 0 Å². The van der Waals surface area contributed by atoms with E-state index in [9.17, 15) is 0 Å². The Morgan fingerprint density at radius 2 is 1.75 bits per heavy atom. The first-order valence-corrected chi connectivity index (χ1v) is 8.37. The summed E-state index contributed by atoms with van der Waals surface area (Å²) in [5.74, 6) is 1.05. The molecule has 1 atom stereocenters. The minimum atomic E-state index is 0.470. The van der Waals surface area contributed by atoms with Crippen LogP contribution in [-0.4, -0.2) is 37.5 Å². The SMILES string of the molecule is Cc1cnc(-c2ccncc2)n1C1CCN(Cc2ccncc2)C1. The van der Waals surface area contributed by atoms with Crippen LogP contribution in [0.25, 0.3) is 11.4 Å². The van der Waals surface area contributed by atoms with Gasteiger partial charge in [0, 0.05) is 67.9 Å². The molecule has 4 rings (SSSR count). The first kappa shape index (κ1) is 15.0. The van der Waals surface area contributed by atoms with Gasteiger partial charge in [0.2, 0.25) is 0 Å². The number of nitrogens with zero attached hydrogens (tertiary/aromatic N) is 5. The lowest BCUT2D eigenvalue weighted by molar-refractivity contribution is 0.316. The number of likely N-dealkylation sites (tertiary alicyclic amines) is 1. The largest absolute Gasteiger partial charge is 0.324 e. The average Bonchev–Trinajstić information content (AvgIpc) is 3.23. The number of aryl methyl sites for hydroxylation is 1. The molecule has 1 fully saturated rings. The van der Waals surface area contributed by atoms with Gasteiger partial charge < -0.3 is 4.57 Å². The highest BCUT2D eigenvalue weighted by Crippen LogP contribution is 2.29.